The fourth-order valence-electron chi connectivity index (χ4n) is 2.74. The van der Waals surface area contributed by atoms with Crippen LogP contribution in [-0.2, 0) is 14.7 Å². The Bertz CT molecular complexity index is 775. The lowest BCUT2D eigenvalue weighted by Crippen LogP contribution is -2.39. The summed E-state index contributed by atoms with van der Waals surface area (Å²) in [7, 11) is -4.90. The Hall–Kier alpha value is -2.26. The predicted molar refractivity (Wildman–Crippen MR) is 71.5 cm³/mol. The molecule has 3 amide bonds. The summed E-state index contributed by atoms with van der Waals surface area (Å²) < 4.78 is 36.0. The lowest BCUT2D eigenvalue weighted by molar-refractivity contribution is -0.0317. The predicted octanol–water partition coefficient (Wildman–Crippen LogP) is -2.16. The minimum absolute atomic E-state index is 0.00751. The molecule has 2 atom stereocenters. The molecule has 0 spiro atoms. The van der Waals surface area contributed by atoms with E-state index in [1.807, 2.05) is 5.43 Å². The van der Waals surface area contributed by atoms with Crippen LogP contribution in [-0.4, -0.2) is 57.9 Å². The normalized spacial score (nSPS) is 23.2. The van der Waals surface area contributed by atoms with Gasteiger partial charge in [-0.3, -0.25) is 9.98 Å². The van der Waals surface area contributed by atoms with Crippen LogP contribution >= 0.6 is 0 Å². The molecule has 14 heteroatoms. The Morgan fingerprint density at radius 1 is 1.57 bits per heavy atom. The van der Waals surface area contributed by atoms with Crippen molar-refractivity contribution in [1.82, 2.24) is 25.2 Å². The quantitative estimate of drug-likeness (QED) is 0.204. The molecular formula is C9H13N7O6S. The van der Waals surface area contributed by atoms with Crippen molar-refractivity contribution < 1.29 is 26.8 Å². The summed E-state index contributed by atoms with van der Waals surface area (Å²) in [6.45, 7) is 0.0611. The SMILES string of the molecule is NCC1c2nn(C(=O)NN)cc2C2CN1C(=O)N2OS(=O)(=O)O. The number of nitrogens with two attached hydrogens (primary N) is 2. The van der Waals surface area contributed by atoms with Crippen LogP contribution in [0.25, 0.3) is 0 Å². The minimum Gasteiger partial charge on any atom is -0.328 e. The molecule has 3 heterocycles. The number of hydrogen-bond acceptors (Lipinski definition) is 8. The van der Waals surface area contributed by atoms with E-state index in [1.54, 1.807) is 0 Å². The maximum atomic E-state index is 12.2. The van der Waals surface area contributed by atoms with Gasteiger partial charge in [-0.1, -0.05) is 0 Å². The fraction of sp³-hybridized carbons (Fsp3) is 0.444. The number of nitrogens with one attached hydrogen (secondary N) is 1. The monoisotopic (exact) mass is 347 g/mol. The first-order chi connectivity index (χ1) is 10.8. The van der Waals surface area contributed by atoms with E-state index in [0.29, 0.717) is 16.3 Å². The zero-order chi connectivity index (χ0) is 16.9. The van der Waals surface area contributed by atoms with Crippen molar-refractivity contribution >= 4 is 22.5 Å². The molecule has 1 aromatic heterocycles. The van der Waals surface area contributed by atoms with Gasteiger partial charge in [0.25, 0.3) is 0 Å². The average Bonchev–Trinajstić information content (AvgIpc) is 3.03. The maximum Gasteiger partial charge on any atom is 0.418 e. The van der Waals surface area contributed by atoms with E-state index >= 15 is 0 Å². The number of urea groups is 1. The van der Waals surface area contributed by atoms with E-state index in [2.05, 4.69) is 9.38 Å². The number of hydroxylamine groups is 2. The van der Waals surface area contributed by atoms with E-state index in [4.69, 9.17) is 16.1 Å². The van der Waals surface area contributed by atoms with Gasteiger partial charge in [-0.25, -0.2) is 15.4 Å². The third-order valence-corrected chi connectivity index (χ3v) is 3.99. The van der Waals surface area contributed by atoms with Gasteiger partial charge in [0.05, 0.1) is 18.3 Å². The van der Waals surface area contributed by atoms with Crippen molar-refractivity contribution in [2.75, 3.05) is 13.1 Å². The highest BCUT2D eigenvalue weighted by Crippen LogP contribution is 2.43. The van der Waals surface area contributed by atoms with Gasteiger partial charge in [0.15, 0.2) is 0 Å². The van der Waals surface area contributed by atoms with E-state index in [-0.39, 0.29) is 13.1 Å². The molecule has 13 nitrogen and oxygen atoms in total. The molecule has 0 aromatic carbocycles. The Balaban J connectivity index is 2.06. The molecule has 126 valence electrons. The van der Waals surface area contributed by atoms with Gasteiger partial charge in [0, 0.05) is 18.3 Å². The van der Waals surface area contributed by atoms with Crippen molar-refractivity contribution in [3.05, 3.63) is 17.5 Å². The van der Waals surface area contributed by atoms with Crippen LogP contribution in [0.3, 0.4) is 0 Å². The van der Waals surface area contributed by atoms with Gasteiger partial charge in [-0.05, 0) is 0 Å². The van der Waals surface area contributed by atoms with Crippen LogP contribution in [0.4, 0.5) is 9.59 Å². The van der Waals surface area contributed by atoms with E-state index in [1.165, 1.54) is 11.1 Å². The molecule has 2 unspecified atom stereocenters. The molecule has 1 aromatic rings. The van der Waals surface area contributed by atoms with E-state index in [9.17, 15) is 18.0 Å². The Morgan fingerprint density at radius 3 is 2.83 bits per heavy atom. The number of carbonyl (C=O) groups excluding carboxylic acids is 2. The number of hydrazine groups is 1. The van der Waals surface area contributed by atoms with Crippen molar-refractivity contribution in [1.29, 1.82) is 0 Å². The highest BCUT2D eigenvalue weighted by Gasteiger charge is 2.51. The molecular weight excluding hydrogens is 334 g/mol. The summed E-state index contributed by atoms with van der Waals surface area (Å²) in [5.74, 6) is 5.04. The molecule has 1 saturated heterocycles. The first kappa shape index (κ1) is 15.6. The highest BCUT2D eigenvalue weighted by molar-refractivity contribution is 7.80. The lowest BCUT2D eigenvalue weighted by atomic mass is 9.98. The number of aromatic nitrogens is 2. The molecule has 1 fully saturated rings. The first-order valence-corrected chi connectivity index (χ1v) is 7.70. The minimum atomic E-state index is -4.90. The average molecular weight is 347 g/mol. The first-order valence-electron chi connectivity index (χ1n) is 6.34. The van der Waals surface area contributed by atoms with Crippen LogP contribution in [0.2, 0.25) is 0 Å². The lowest BCUT2D eigenvalue weighted by Gasteiger charge is -2.28. The second-order valence-electron chi connectivity index (χ2n) is 4.89. The summed E-state index contributed by atoms with van der Waals surface area (Å²) in [5.41, 5.74) is 8.25. The molecule has 6 N–H and O–H groups in total. The number of rotatable bonds is 3. The van der Waals surface area contributed by atoms with Crippen molar-refractivity contribution in [3.63, 3.8) is 0 Å². The van der Waals surface area contributed by atoms with Crippen molar-refractivity contribution in [2.24, 2.45) is 11.6 Å². The second-order valence-corrected chi connectivity index (χ2v) is 5.90. The Morgan fingerprint density at radius 2 is 2.26 bits per heavy atom. The fourth-order valence-corrected chi connectivity index (χ4v) is 3.11. The maximum absolute atomic E-state index is 12.2. The van der Waals surface area contributed by atoms with Gasteiger partial charge in [-0.15, -0.1) is 4.28 Å². The van der Waals surface area contributed by atoms with Crippen LogP contribution in [0.5, 0.6) is 0 Å². The summed E-state index contributed by atoms with van der Waals surface area (Å²) in [6.07, 6.45) is 1.29. The molecule has 0 aliphatic carbocycles. The largest absolute Gasteiger partial charge is 0.418 e. The summed E-state index contributed by atoms with van der Waals surface area (Å²) in [4.78, 5) is 25.1. The standard InChI is InChI=1S/C9H13N7O6S/c10-1-5-7-4(2-15(13-7)8(17)12-11)6-3-14(5)9(18)16(6)22-23(19,20)21/h2,5-6H,1,3,10-11H2,(H,12,17)(H,19,20,21). The van der Waals surface area contributed by atoms with Gasteiger partial charge in [0.1, 0.15) is 6.04 Å². The number of hydrogen-bond donors (Lipinski definition) is 4. The topological polar surface area (TPSA) is 186 Å². The number of nitrogens with zero attached hydrogens (tertiary/aromatic N) is 4. The van der Waals surface area contributed by atoms with Crippen LogP contribution in [0.1, 0.15) is 23.3 Å². The molecule has 0 radical (unpaired) electrons. The number of carbonyl (C=O) groups is 2. The van der Waals surface area contributed by atoms with E-state index in [0.717, 1.165) is 4.68 Å². The number of fused-ring (bicyclic) bond motifs is 4. The Kier molecular flexibility index (Phi) is 3.49. The summed E-state index contributed by atoms with van der Waals surface area (Å²) >= 11 is 0. The molecule has 2 aliphatic heterocycles. The molecule has 0 saturated carbocycles. The number of nitrogen functional groups attached to an aromatic ring is 1. The zero-order valence-corrected chi connectivity index (χ0v) is 12.3. The molecule has 2 bridgehead atoms. The third-order valence-electron chi connectivity index (χ3n) is 3.64. The molecule has 23 heavy (non-hydrogen) atoms. The number of amides is 3. The Labute approximate surface area is 129 Å². The smallest absolute Gasteiger partial charge is 0.328 e. The molecule has 3 rings (SSSR count). The summed E-state index contributed by atoms with van der Waals surface area (Å²) in [6, 6.07) is -3.05. The summed E-state index contributed by atoms with van der Waals surface area (Å²) in [5, 5.41) is 4.55. The van der Waals surface area contributed by atoms with Gasteiger partial charge < -0.3 is 10.6 Å². The van der Waals surface area contributed by atoms with Crippen LogP contribution < -0.4 is 17.0 Å². The molecule has 2 aliphatic rings. The third kappa shape index (κ3) is 2.41. The highest BCUT2D eigenvalue weighted by atomic mass is 32.3. The van der Waals surface area contributed by atoms with Gasteiger partial charge >= 0.3 is 22.5 Å². The van der Waals surface area contributed by atoms with Gasteiger partial charge in [0.2, 0.25) is 0 Å². The van der Waals surface area contributed by atoms with Crippen LogP contribution in [0, 0.1) is 0 Å². The van der Waals surface area contributed by atoms with Crippen LogP contribution in [0.15, 0.2) is 6.20 Å². The zero-order valence-electron chi connectivity index (χ0n) is 11.5. The van der Waals surface area contributed by atoms with Crippen molar-refractivity contribution in [2.45, 2.75) is 12.1 Å². The van der Waals surface area contributed by atoms with Crippen molar-refractivity contribution in [3.8, 4) is 0 Å². The van der Waals surface area contributed by atoms with Gasteiger partial charge in [-0.2, -0.15) is 23.3 Å². The second kappa shape index (κ2) is 5.14. The van der Waals surface area contributed by atoms with E-state index < -0.39 is 34.5 Å².